The van der Waals surface area contributed by atoms with E-state index in [1.54, 1.807) is 18.2 Å². The number of hydrogen-bond donors (Lipinski definition) is 3. The van der Waals surface area contributed by atoms with Crippen LogP contribution in [0.15, 0.2) is 27.4 Å². The largest absolute Gasteiger partial charge is 0.417 e. The first-order valence-electron chi connectivity index (χ1n) is 6.89. The number of H-pyrrole nitrogens is 1. The van der Waals surface area contributed by atoms with Crippen LogP contribution in [0.3, 0.4) is 0 Å². The standard InChI is InChI=1S/C14H17N3O3/c18-13(10-4-2-1-3-7-15-10)16-9-5-6-12-11(8-9)17-14(19)20-12/h5-6,8,10,15H,1-4,7H2,(H,16,18)(H,17,19). The highest BCUT2D eigenvalue weighted by atomic mass is 16.4. The molecule has 6 heteroatoms. The number of aromatic nitrogens is 1. The van der Waals surface area contributed by atoms with Crippen molar-refractivity contribution >= 4 is 22.7 Å². The monoisotopic (exact) mass is 275 g/mol. The van der Waals surface area contributed by atoms with Crippen molar-refractivity contribution in [2.45, 2.75) is 31.7 Å². The number of hydrogen-bond acceptors (Lipinski definition) is 4. The lowest BCUT2D eigenvalue weighted by Gasteiger charge is -2.15. The molecule has 0 saturated carbocycles. The number of anilines is 1. The zero-order valence-electron chi connectivity index (χ0n) is 11.1. The van der Waals surface area contributed by atoms with E-state index in [9.17, 15) is 9.59 Å². The first kappa shape index (κ1) is 12.9. The average Bonchev–Trinajstić information content (AvgIpc) is 2.64. The van der Waals surface area contributed by atoms with Crippen LogP contribution in [0.25, 0.3) is 11.1 Å². The Kier molecular flexibility index (Phi) is 3.56. The van der Waals surface area contributed by atoms with E-state index in [1.807, 2.05) is 0 Å². The second kappa shape index (κ2) is 5.50. The van der Waals surface area contributed by atoms with Gasteiger partial charge in [0.25, 0.3) is 0 Å². The van der Waals surface area contributed by atoms with Crippen molar-refractivity contribution in [2.75, 3.05) is 11.9 Å². The summed E-state index contributed by atoms with van der Waals surface area (Å²) in [5, 5.41) is 6.13. The van der Waals surface area contributed by atoms with Crippen LogP contribution in [0.4, 0.5) is 5.69 Å². The molecule has 0 radical (unpaired) electrons. The van der Waals surface area contributed by atoms with Gasteiger partial charge < -0.3 is 15.1 Å². The van der Waals surface area contributed by atoms with E-state index >= 15 is 0 Å². The molecule has 1 atom stereocenters. The second-order valence-corrected chi connectivity index (χ2v) is 5.07. The molecule has 1 aliphatic rings. The van der Waals surface area contributed by atoms with E-state index in [1.165, 1.54) is 6.42 Å². The maximum Gasteiger partial charge on any atom is 0.417 e. The third-order valence-corrected chi connectivity index (χ3v) is 3.56. The first-order chi connectivity index (χ1) is 9.72. The van der Waals surface area contributed by atoms with Crippen LogP contribution >= 0.6 is 0 Å². The van der Waals surface area contributed by atoms with Gasteiger partial charge in [0.15, 0.2) is 5.58 Å². The van der Waals surface area contributed by atoms with Crippen molar-refractivity contribution < 1.29 is 9.21 Å². The van der Waals surface area contributed by atoms with Gasteiger partial charge in [-0.15, -0.1) is 0 Å². The molecule has 1 aromatic heterocycles. The van der Waals surface area contributed by atoms with Gasteiger partial charge in [0.05, 0.1) is 11.6 Å². The Hall–Kier alpha value is -2.08. The number of nitrogens with one attached hydrogen (secondary N) is 3. The highest BCUT2D eigenvalue weighted by Crippen LogP contribution is 2.17. The second-order valence-electron chi connectivity index (χ2n) is 5.07. The molecule has 1 aromatic carbocycles. The third-order valence-electron chi connectivity index (χ3n) is 3.56. The predicted octanol–water partition coefficient (Wildman–Crippen LogP) is 1.59. The van der Waals surface area contributed by atoms with Gasteiger partial charge in [-0.25, -0.2) is 4.79 Å². The number of amides is 1. The molecule has 2 aromatic rings. The normalized spacial score (nSPS) is 19.7. The maximum absolute atomic E-state index is 12.2. The van der Waals surface area contributed by atoms with Crippen LogP contribution in [0, 0.1) is 0 Å². The summed E-state index contributed by atoms with van der Waals surface area (Å²) >= 11 is 0. The van der Waals surface area contributed by atoms with Crippen LogP contribution in [-0.4, -0.2) is 23.5 Å². The summed E-state index contributed by atoms with van der Waals surface area (Å²) in [5.74, 6) is -0.522. The fourth-order valence-corrected chi connectivity index (χ4v) is 2.51. The molecule has 1 fully saturated rings. The molecule has 20 heavy (non-hydrogen) atoms. The van der Waals surface area contributed by atoms with E-state index < -0.39 is 5.76 Å². The van der Waals surface area contributed by atoms with E-state index in [-0.39, 0.29) is 11.9 Å². The molecule has 106 valence electrons. The fourth-order valence-electron chi connectivity index (χ4n) is 2.51. The van der Waals surface area contributed by atoms with Crippen LogP contribution in [-0.2, 0) is 4.79 Å². The van der Waals surface area contributed by atoms with Gasteiger partial charge in [-0.1, -0.05) is 12.8 Å². The maximum atomic E-state index is 12.2. The van der Waals surface area contributed by atoms with Gasteiger partial charge in [-0.05, 0) is 37.6 Å². The fraction of sp³-hybridized carbons (Fsp3) is 0.429. The molecule has 1 aliphatic heterocycles. The zero-order valence-corrected chi connectivity index (χ0v) is 11.1. The summed E-state index contributed by atoms with van der Waals surface area (Å²) in [7, 11) is 0. The summed E-state index contributed by atoms with van der Waals surface area (Å²) in [6.45, 7) is 0.881. The van der Waals surface area contributed by atoms with Crippen molar-refractivity contribution in [2.24, 2.45) is 0 Å². The number of carbonyl (C=O) groups excluding carboxylic acids is 1. The van der Waals surface area contributed by atoms with E-state index in [4.69, 9.17) is 4.42 Å². The molecular formula is C14H17N3O3. The van der Waals surface area contributed by atoms with Gasteiger partial charge in [0.2, 0.25) is 5.91 Å². The Labute approximate surface area is 115 Å². The smallest absolute Gasteiger partial charge is 0.408 e. The van der Waals surface area contributed by atoms with Gasteiger partial charge in [-0.2, -0.15) is 0 Å². The Morgan fingerprint density at radius 3 is 3.10 bits per heavy atom. The average molecular weight is 275 g/mol. The number of fused-ring (bicyclic) bond motifs is 1. The predicted molar refractivity (Wildman–Crippen MR) is 75.7 cm³/mol. The van der Waals surface area contributed by atoms with Crippen molar-refractivity contribution in [3.63, 3.8) is 0 Å². The zero-order chi connectivity index (χ0) is 13.9. The van der Waals surface area contributed by atoms with Crippen LogP contribution in [0.2, 0.25) is 0 Å². The van der Waals surface area contributed by atoms with Crippen LogP contribution < -0.4 is 16.4 Å². The van der Waals surface area contributed by atoms with Gasteiger partial charge >= 0.3 is 5.76 Å². The highest BCUT2D eigenvalue weighted by molar-refractivity contribution is 5.96. The summed E-state index contributed by atoms with van der Waals surface area (Å²) in [6.07, 6.45) is 4.21. The Bertz CT molecular complexity index is 666. The number of rotatable bonds is 2. The molecule has 1 saturated heterocycles. The van der Waals surface area contributed by atoms with Gasteiger partial charge in [0, 0.05) is 5.69 Å². The molecule has 2 heterocycles. The van der Waals surface area contributed by atoms with E-state index in [2.05, 4.69) is 15.6 Å². The molecule has 3 rings (SSSR count). The molecule has 0 spiro atoms. The van der Waals surface area contributed by atoms with Crippen molar-refractivity contribution in [3.8, 4) is 0 Å². The SMILES string of the molecule is O=C(Nc1ccc2oc(=O)[nH]c2c1)C1CCCCCN1. The Balaban J connectivity index is 1.74. The summed E-state index contributed by atoms with van der Waals surface area (Å²) in [6, 6.07) is 4.96. The molecule has 0 bridgehead atoms. The van der Waals surface area contributed by atoms with Crippen molar-refractivity contribution in [3.05, 3.63) is 28.7 Å². The third kappa shape index (κ3) is 2.75. The number of benzene rings is 1. The van der Waals surface area contributed by atoms with Crippen LogP contribution in [0.5, 0.6) is 0 Å². The van der Waals surface area contributed by atoms with Crippen molar-refractivity contribution in [1.82, 2.24) is 10.3 Å². The number of carbonyl (C=O) groups is 1. The Morgan fingerprint density at radius 2 is 2.20 bits per heavy atom. The molecular weight excluding hydrogens is 258 g/mol. The van der Waals surface area contributed by atoms with Crippen LogP contribution in [0.1, 0.15) is 25.7 Å². The van der Waals surface area contributed by atoms with Gasteiger partial charge in [0.1, 0.15) is 0 Å². The molecule has 1 unspecified atom stereocenters. The van der Waals surface area contributed by atoms with E-state index in [0.29, 0.717) is 16.8 Å². The Morgan fingerprint density at radius 1 is 1.30 bits per heavy atom. The molecule has 1 amide bonds. The minimum Gasteiger partial charge on any atom is -0.408 e. The lowest BCUT2D eigenvalue weighted by Crippen LogP contribution is -2.39. The molecule has 0 aliphatic carbocycles. The minimum absolute atomic E-state index is 0.0305. The summed E-state index contributed by atoms with van der Waals surface area (Å²) < 4.78 is 4.92. The summed E-state index contributed by atoms with van der Waals surface area (Å²) in [5.41, 5.74) is 1.73. The number of oxazole rings is 1. The molecule has 3 N–H and O–H groups in total. The minimum atomic E-state index is -0.492. The number of aromatic amines is 1. The highest BCUT2D eigenvalue weighted by Gasteiger charge is 2.19. The lowest BCUT2D eigenvalue weighted by molar-refractivity contribution is -0.118. The topological polar surface area (TPSA) is 87.1 Å². The van der Waals surface area contributed by atoms with Crippen molar-refractivity contribution in [1.29, 1.82) is 0 Å². The first-order valence-corrected chi connectivity index (χ1v) is 6.89. The summed E-state index contributed by atoms with van der Waals surface area (Å²) in [4.78, 5) is 25.9. The van der Waals surface area contributed by atoms with Gasteiger partial charge in [-0.3, -0.25) is 9.78 Å². The molecule has 6 nitrogen and oxygen atoms in total. The van der Waals surface area contributed by atoms with E-state index in [0.717, 1.165) is 25.8 Å². The lowest BCUT2D eigenvalue weighted by atomic mass is 10.1. The quantitative estimate of drug-likeness (QED) is 0.776.